The minimum atomic E-state index is 0.0797. The number of amides is 1. The van der Waals surface area contributed by atoms with Gasteiger partial charge in [-0.3, -0.25) is 9.69 Å². The van der Waals surface area contributed by atoms with Crippen molar-refractivity contribution >= 4 is 50.6 Å². The highest BCUT2D eigenvalue weighted by Crippen LogP contribution is 2.35. The number of hydrogen-bond donors (Lipinski definition) is 1. The molecule has 0 aromatic carbocycles. The van der Waals surface area contributed by atoms with Crippen molar-refractivity contribution in [1.82, 2.24) is 15.2 Å². The molecule has 130 valence electrons. The van der Waals surface area contributed by atoms with Crippen molar-refractivity contribution in [2.24, 2.45) is 5.92 Å². The summed E-state index contributed by atoms with van der Waals surface area (Å²) in [5, 5.41) is 15.3. The molecule has 0 atom stereocenters. The topological polar surface area (TPSA) is 71.0 Å². The molecule has 1 aliphatic rings. The molecule has 0 spiro atoms. The minimum Gasteiger partial charge on any atom is -0.360 e. The van der Waals surface area contributed by atoms with Crippen LogP contribution in [0, 0.1) is 5.92 Å². The highest BCUT2D eigenvalue weighted by atomic mass is 32.2. The van der Waals surface area contributed by atoms with Gasteiger partial charge in [0, 0.05) is 30.6 Å². The summed E-state index contributed by atoms with van der Waals surface area (Å²) in [7, 11) is 0. The number of carbonyl (C=O) groups excluding carboxylic acids is 1. The van der Waals surface area contributed by atoms with Crippen molar-refractivity contribution < 1.29 is 4.79 Å². The second-order valence-corrected chi connectivity index (χ2v) is 9.21. The molecule has 1 aliphatic carbocycles. The highest BCUT2D eigenvalue weighted by Gasteiger charge is 2.33. The van der Waals surface area contributed by atoms with Gasteiger partial charge >= 0.3 is 0 Å². The number of nitrogens with one attached hydrogen (secondary N) is 1. The number of hydrogen-bond acceptors (Lipinski definition) is 8. The summed E-state index contributed by atoms with van der Waals surface area (Å²) in [4.78, 5) is 18.2. The van der Waals surface area contributed by atoms with Crippen molar-refractivity contribution in [2.75, 3.05) is 16.8 Å². The molecule has 9 heteroatoms. The Morgan fingerprint density at radius 3 is 2.92 bits per heavy atom. The average molecular weight is 384 g/mol. The second-order valence-electron chi connectivity index (χ2n) is 6.18. The lowest BCUT2D eigenvalue weighted by molar-refractivity contribution is -0.116. The maximum atomic E-state index is 11.8. The molecule has 1 fully saturated rings. The van der Waals surface area contributed by atoms with Crippen LogP contribution in [0.25, 0.3) is 0 Å². The third kappa shape index (κ3) is 4.67. The van der Waals surface area contributed by atoms with Crippen LogP contribution < -0.4 is 10.2 Å². The zero-order chi connectivity index (χ0) is 17.1. The summed E-state index contributed by atoms with van der Waals surface area (Å²) in [5.41, 5.74) is 0.985. The number of nitrogens with zero attached hydrogens (tertiary/aromatic N) is 4. The molecule has 0 bridgehead atoms. The van der Waals surface area contributed by atoms with E-state index < -0.39 is 0 Å². The number of thioether (sulfide) groups is 1. The summed E-state index contributed by atoms with van der Waals surface area (Å²) < 4.78 is 0.932. The van der Waals surface area contributed by atoms with Crippen LogP contribution in [0.15, 0.2) is 9.72 Å². The monoisotopic (exact) mass is 383 g/mol. The van der Waals surface area contributed by atoms with Gasteiger partial charge in [-0.1, -0.05) is 36.9 Å². The molecule has 0 unspecified atom stereocenters. The van der Waals surface area contributed by atoms with E-state index in [4.69, 9.17) is 0 Å². The lowest BCUT2D eigenvalue weighted by Crippen LogP contribution is -2.30. The Morgan fingerprint density at radius 2 is 2.25 bits per heavy atom. The minimum absolute atomic E-state index is 0.0797. The van der Waals surface area contributed by atoms with Crippen molar-refractivity contribution in [3.63, 3.8) is 0 Å². The van der Waals surface area contributed by atoms with Gasteiger partial charge in [-0.05, 0) is 18.8 Å². The molecule has 24 heavy (non-hydrogen) atoms. The van der Waals surface area contributed by atoms with Gasteiger partial charge in [0.25, 0.3) is 0 Å². The van der Waals surface area contributed by atoms with Gasteiger partial charge in [0.2, 0.25) is 11.0 Å². The fourth-order valence-electron chi connectivity index (χ4n) is 2.12. The van der Waals surface area contributed by atoms with Crippen LogP contribution in [-0.4, -0.2) is 33.7 Å². The first-order chi connectivity index (χ1) is 11.5. The van der Waals surface area contributed by atoms with E-state index in [-0.39, 0.29) is 5.91 Å². The number of aromatic nitrogens is 3. The van der Waals surface area contributed by atoms with E-state index in [9.17, 15) is 4.79 Å². The van der Waals surface area contributed by atoms with Crippen LogP contribution in [-0.2, 0) is 10.5 Å². The van der Waals surface area contributed by atoms with Crippen molar-refractivity contribution in [3.05, 3.63) is 11.1 Å². The summed E-state index contributed by atoms with van der Waals surface area (Å²) in [5.74, 6) is 1.40. The Kier molecular flexibility index (Phi) is 5.72. The largest absolute Gasteiger partial charge is 0.360 e. The average Bonchev–Trinajstić information content (AvgIpc) is 3.07. The normalized spacial score (nSPS) is 14.2. The van der Waals surface area contributed by atoms with Crippen LogP contribution in [0.5, 0.6) is 0 Å². The lowest BCUT2D eigenvalue weighted by Gasteiger charge is -2.16. The molecule has 1 saturated carbocycles. The van der Waals surface area contributed by atoms with Gasteiger partial charge in [-0.2, -0.15) is 0 Å². The van der Waals surface area contributed by atoms with Gasteiger partial charge in [-0.15, -0.1) is 21.5 Å². The summed E-state index contributed by atoms with van der Waals surface area (Å²) in [6.45, 7) is 6.84. The van der Waals surface area contributed by atoms with Gasteiger partial charge in [-0.25, -0.2) is 4.98 Å². The van der Waals surface area contributed by atoms with Crippen LogP contribution in [0.4, 0.5) is 10.3 Å². The van der Waals surface area contributed by atoms with Gasteiger partial charge in [0.1, 0.15) is 0 Å². The van der Waals surface area contributed by atoms with Gasteiger partial charge in [0.05, 0.1) is 5.69 Å². The van der Waals surface area contributed by atoms with E-state index in [0.717, 1.165) is 45.4 Å². The first-order valence-corrected chi connectivity index (χ1v) is 10.7. The van der Waals surface area contributed by atoms with Crippen LogP contribution in [0.1, 0.15) is 39.3 Å². The molecule has 0 aliphatic heterocycles. The number of rotatable bonds is 8. The zero-order valence-corrected chi connectivity index (χ0v) is 16.4. The third-order valence-electron chi connectivity index (χ3n) is 3.41. The second kappa shape index (κ2) is 7.79. The van der Waals surface area contributed by atoms with E-state index >= 15 is 0 Å². The Labute approximate surface area is 154 Å². The van der Waals surface area contributed by atoms with Crippen molar-refractivity contribution in [1.29, 1.82) is 0 Å². The SMILES string of the molecule is CC(=O)N(c1nc(CSc2nnc(NCC(C)C)s2)cs1)C1CC1. The molecular weight excluding hydrogens is 362 g/mol. The van der Waals surface area contributed by atoms with Crippen molar-refractivity contribution in [2.45, 2.75) is 49.7 Å². The van der Waals surface area contributed by atoms with Crippen LogP contribution in [0.3, 0.4) is 0 Å². The van der Waals surface area contributed by atoms with Crippen molar-refractivity contribution in [3.8, 4) is 0 Å². The summed E-state index contributed by atoms with van der Waals surface area (Å²) in [6.07, 6.45) is 2.17. The zero-order valence-electron chi connectivity index (χ0n) is 14.0. The Bertz CT molecular complexity index is 695. The van der Waals surface area contributed by atoms with E-state index in [1.54, 1.807) is 41.4 Å². The standard InChI is InChI=1S/C15H21N5OS3/c1-9(2)6-16-13-18-19-15(24-13)23-8-11-7-22-14(17-11)20(10(3)21)12-4-5-12/h7,9,12H,4-6,8H2,1-3H3,(H,16,18). The third-order valence-corrected chi connectivity index (χ3v) is 6.35. The molecule has 2 aromatic rings. The maximum Gasteiger partial charge on any atom is 0.225 e. The molecule has 3 rings (SSSR count). The van der Waals surface area contributed by atoms with Gasteiger partial charge in [0.15, 0.2) is 9.47 Å². The Hall–Kier alpha value is -1.19. The lowest BCUT2D eigenvalue weighted by atomic mass is 10.2. The number of anilines is 2. The molecule has 1 amide bonds. The number of thiazole rings is 1. The highest BCUT2D eigenvalue weighted by molar-refractivity contribution is 8.00. The van der Waals surface area contributed by atoms with Crippen LogP contribution in [0.2, 0.25) is 0 Å². The Balaban J connectivity index is 1.54. The van der Waals surface area contributed by atoms with E-state index in [1.165, 1.54) is 0 Å². The fraction of sp³-hybridized carbons (Fsp3) is 0.600. The van der Waals surface area contributed by atoms with Gasteiger partial charge < -0.3 is 5.32 Å². The first kappa shape index (κ1) is 17.6. The fourth-order valence-corrected chi connectivity index (χ4v) is 4.82. The van der Waals surface area contributed by atoms with E-state index in [1.807, 2.05) is 10.3 Å². The smallest absolute Gasteiger partial charge is 0.225 e. The molecule has 2 heterocycles. The molecule has 1 N–H and O–H groups in total. The predicted octanol–water partition coefficient (Wildman–Crippen LogP) is 3.87. The molecular formula is C15H21N5OS3. The van der Waals surface area contributed by atoms with E-state index in [0.29, 0.717) is 12.0 Å². The molecule has 6 nitrogen and oxygen atoms in total. The molecule has 0 radical (unpaired) electrons. The summed E-state index contributed by atoms with van der Waals surface area (Å²) >= 11 is 4.74. The Morgan fingerprint density at radius 1 is 1.46 bits per heavy atom. The van der Waals surface area contributed by atoms with Crippen LogP contribution >= 0.6 is 34.4 Å². The molecule has 2 aromatic heterocycles. The van der Waals surface area contributed by atoms with E-state index in [2.05, 4.69) is 34.3 Å². The maximum absolute atomic E-state index is 11.8. The molecule has 0 saturated heterocycles. The quantitative estimate of drug-likeness (QED) is 0.698. The first-order valence-electron chi connectivity index (χ1n) is 7.97. The predicted molar refractivity (Wildman–Crippen MR) is 101 cm³/mol. The number of carbonyl (C=O) groups is 1. The summed E-state index contributed by atoms with van der Waals surface area (Å²) in [6, 6.07) is 0.354.